The van der Waals surface area contributed by atoms with Crippen molar-refractivity contribution in [3.05, 3.63) is 95.3 Å². The number of amides is 1. The van der Waals surface area contributed by atoms with Crippen LogP contribution in [0.3, 0.4) is 0 Å². The summed E-state index contributed by atoms with van der Waals surface area (Å²) in [6.07, 6.45) is 3.13. The molecule has 0 saturated carbocycles. The van der Waals surface area contributed by atoms with Crippen molar-refractivity contribution in [2.45, 2.75) is 31.5 Å². The van der Waals surface area contributed by atoms with Crippen LogP contribution in [0.4, 0.5) is 5.69 Å². The number of carbonyl (C=O) groups is 1. The zero-order valence-electron chi connectivity index (χ0n) is 20.1. The van der Waals surface area contributed by atoms with Crippen molar-refractivity contribution in [1.29, 1.82) is 0 Å². The lowest BCUT2D eigenvalue weighted by molar-refractivity contribution is -0.253. The summed E-state index contributed by atoms with van der Waals surface area (Å²) in [5.74, 6) is -0.224. The van der Waals surface area contributed by atoms with E-state index in [1.807, 2.05) is 48.5 Å². The first-order chi connectivity index (χ1) is 17.7. The van der Waals surface area contributed by atoms with E-state index >= 15 is 0 Å². The van der Waals surface area contributed by atoms with Crippen LogP contribution < -0.4 is 5.32 Å². The van der Waals surface area contributed by atoms with Crippen LogP contribution in [0.15, 0.2) is 73.1 Å². The summed E-state index contributed by atoms with van der Waals surface area (Å²) < 4.78 is 18.4. The number of anilines is 1. The number of ether oxygens (including phenoxy) is 3. The number of aromatic nitrogens is 1. The fourth-order valence-electron chi connectivity index (χ4n) is 4.57. The normalized spacial score (nSPS) is 22.8. The molecule has 2 N–H and O–H groups in total. The van der Waals surface area contributed by atoms with E-state index in [9.17, 15) is 9.90 Å². The number of hydrogen-bond donors (Lipinski definition) is 2. The van der Waals surface area contributed by atoms with Crippen molar-refractivity contribution >= 4 is 11.6 Å². The van der Waals surface area contributed by atoms with Crippen molar-refractivity contribution in [3.8, 4) is 0 Å². The lowest BCUT2D eigenvalue weighted by Gasteiger charge is -2.39. The summed E-state index contributed by atoms with van der Waals surface area (Å²) >= 11 is 0. The highest BCUT2D eigenvalue weighted by atomic mass is 16.7. The number of benzene rings is 2. The molecule has 3 heterocycles. The molecule has 8 nitrogen and oxygen atoms in total. The summed E-state index contributed by atoms with van der Waals surface area (Å²) in [5.41, 5.74) is 3.90. The smallest absolute Gasteiger partial charge is 0.257 e. The molecule has 188 valence electrons. The van der Waals surface area contributed by atoms with Crippen LogP contribution in [-0.2, 0) is 20.8 Å². The molecular weight excluding hydrogens is 458 g/mol. The fraction of sp³-hybridized carbons (Fsp3) is 0.357. The van der Waals surface area contributed by atoms with Crippen LogP contribution in [0.2, 0.25) is 0 Å². The molecule has 2 fully saturated rings. The summed E-state index contributed by atoms with van der Waals surface area (Å²) in [5, 5.41) is 12.3. The molecule has 0 aliphatic carbocycles. The maximum absolute atomic E-state index is 12.6. The van der Waals surface area contributed by atoms with Gasteiger partial charge in [0.2, 0.25) is 0 Å². The first-order valence-electron chi connectivity index (χ1n) is 12.3. The molecule has 2 aliphatic heterocycles. The quantitative estimate of drug-likeness (QED) is 0.523. The number of morpholine rings is 1. The molecule has 8 heteroatoms. The second-order valence-corrected chi connectivity index (χ2v) is 9.08. The van der Waals surface area contributed by atoms with Gasteiger partial charge in [-0.2, -0.15) is 0 Å². The summed E-state index contributed by atoms with van der Waals surface area (Å²) in [4.78, 5) is 19.0. The number of carbonyl (C=O) groups excluding carboxylic acids is 1. The first-order valence-corrected chi connectivity index (χ1v) is 12.3. The molecule has 36 heavy (non-hydrogen) atoms. The second kappa shape index (κ2) is 11.7. The van der Waals surface area contributed by atoms with Gasteiger partial charge in [-0.3, -0.25) is 14.7 Å². The van der Waals surface area contributed by atoms with Gasteiger partial charge >= 0.3 is 0 Å². The maximum atomic E-state index is 12.6. The summed E-state index contributed by atoms with van der Waals surface area (Å²) in [7, 11) is 0. The standard InChI is InChI=1S/C28H31N3O5/c32-19-20-6-8-21(9-7-20)26-16-25(18-31-11-13-34-14-12-31)35-28(36-26)22-3-1-5-24(15-22)30-27(33)23-4-2-10-29-17-23/h1-10,15,17,25-26,28,32H,11-14,16,18-19H2,(H,30,33)/t25-,26+,28+/m0/s1. The van der Waals surface area contributed by atoms with Gasteiger partial charge in [0.15, 0.2) is 6.29 Å². The number of nitrogens with one attached hydrogen (secondary N) is 1. The molecule has 0 spiro atoms. The molecule has 2 aromatic carbocycles. The van der Waals surface area contributed by atoms with Crippen molar-refractivity contribution in [2.24, 2.45) is 0 Å². The van der Waals surface area contributed by atoms with Crippen LogP contribution in [0.5, 0.6) is 0 Å². The van der Waals surface area contributed by atoms with E-state index in [-0.39, 0.29) is 24.7 Å². The molecule has 2 saturated heterocycles. The average Bonchev–Trinajstić information content (AvgIpc) is 2.94. The summed E-state index contributed by atoms with van der Waals surface area (Å²) in [6, 6.07) is 18.9. The SMILES string of the molecule is O=C(Nc1cccc([C@@H]2O[C@H](CN3CCOCC3)C[C@H](c3ccc(CO)cc3)O2)c1)c1cccnc1. The van der Waals surface area contributed by atoms with E-state index in [2.05, 4.69) is 15.2 Å². The zero-order valence-corrected chi connectivity index (χ0v) is 20.1. The lowest BCUT2D eigenvalue weighted by Crippen LogP contribution is -2.44. The molecule has 1 aromatic heterocycles. The lowest BCUT2D eigenvalue weighted by atomic mass is 9.99. The molecule has 5 rings (SSSR count). The van der Waals surface area contributed by atoms with Crippen molar-refractivity contribution in [2.75, 3.05) is 38.2 Å². The van der Waals surface area contributed by atoms with Gasteiger partial charge in [0.05, 0.1) is 37.6 Å². The monoisotopic (exact) mass is 489 g/mol. The van der Waals surface area contributed by atoms with Crippen molar-refractivity contribution < 1.29 is 24.1 Å². The van der Waals surface area contributed by atoms with Gasteiger partial charge in [-0.15, -0.1) is 0 Å². The van der Waals surface area contributed by atoms with E-state index in [1.54, 1.807) is 18.3 Å². The first kappa shape index (κ1) is 24.5. The van der Waals surface area contributed by atoms with Gasteiger partial charge in [0.25, 0.3) is 5.91 Å². The fourth-order valence-corrected chi connectivity index (χ4v) is 4.57. The van der Waals surface area contributed by atoms with E-state index in [1.165, 1.54) is 6.20 Å². The Labute approximate surface area is 210 Å². The number of aliphatic hydroxyl groups excluding tert-OH is 1. The van der Waals surface area contributed by atoms with Crippen LogP contribution in [0, 0.1) is 0 Å². The highest BCUT2D eigenvalue weighted by Crippen LogP contribution is 2.38. The Morgan fingerprint density at radius 3 is 2.61 bits per heavy atom. The van der Waals surface area contributed by atoms with Crippen LogP contribution in [0.1, 0.15) is 45.9 Å². The zero-order chi connectivity index (χ0) is 24.7. The minimum Gasteiger partial charge on any atom is -0.392 e. The predicted molar refractivity (Wildman–Crippen MR) is 134 cm³/mol. The third-order valence-corrected chi connectivity index (χ3v) is 6.52. The molecule has 3 aromatic rings. The minimum absolute atomic E-state index is 0.00868. The third kappa shape index (κ3) is 6.16. The molecule has 0 unspecified atom stereocenters. The highest BCUT2D eigenvalue weighted by Gasteiger charge is 2.33. The molecule has 0 radical (unpaired) electrons. The van der Waals surface area contributed by atoms with Crippen molar-refractivity contribution in [1.82, 2.24) is 9.88 Å². The molecule has 3 atom stereocenters. The Morgan fingerprint density at radius 2 is 1.86 bits per heavy atom. The minimum atomic E-state index is -0.581. The largest absolute Gasteiger partial charge is 0.392 e. The van der Waals surface area contributed by atoms with Gasteiger partial charge in [-0.25, -0.2) is 0 Å². The number of nitrogens with zero attached hydrogens (tertiary/aromatic N) is 2. The molecule has 1 amide bonds. The Kier molecular flexibility index (Phi) is 8.00. The number of aliphatic hydroxyl groups is 1. The number of hydrogen-bond acceptors (Lipinski definition) is 7. The average molecular weight is 490 g/mol. The molecule has 2 aliphatic rings. The van der Waals surface area contributed by atoms with Gasteiger partial charge < -0.3 is 24.6 Å². The van der Waals surface area contributed by atoms with Crippen LogP contribution in [-0.4, -0.2) is 59.8 Å². The highest BCUT2D eigenvalue weighted by molar-refractivity contribution is 6.04. The van der Waals surface area contributed by atoms with E-state index in [0.29, 0.717) is 11.3 Å². The maximum Gasteiger partial charge on any atom is 0.257 e. The second-order valence-electron chi connectivity index (χ2n) is 9.08. The van der Waals surface area contributed by atoms with Gasteiger partial charge in [-0.1, -0.05) is 36.4 Å². The van der Waals surface area contributed by atoms with Gasteiger partial charge in [-0.05, 0) is 35.4 Å². The summed E-state index contributed by atoms with van der Waals surface area (Å²) in [6.45, 7) is 4.05. The Bertz CT molecular complexity index is 1140. The molecule has 0 bridgehead atoms. The van der Waals surface area contributed by atoms with Crippen molar-refractivity contribution in [3.63, 3.8) is 0 Å². The van der Waals surface area contributed by atoms with Crippen LogP contribution in [0.25, 0.3) is 0 Å². The third-order valence-electron chi connectivity index (χ3n) is 6.52. The Balaban J connectivity index is 1.35. The van der Waals surface area contributed by atoms with E-state index < -0.39 is 6.29 Å². The Morgan fingerprint density at radius 1 is 1.03 bits per heavy atom. The number of pyridine rings is 1. The van der Waals surface area contributed by atoms with Gasteiger partial charge in [0.1, 0.15) is 0 Å². The predicted octanol–water partition coefficient (Wildman–Crippen LogP) is 3.70. The van der Waals surface area contributed by atoms with E-state index in [0.717, 1.165) is 56.0 Å². The Hall–Kier alpha value is -3.14. The topological polar surface area (TPSA) is 93.2 Å². The molecular formula is C28H31N3O5. The van der Waals surface area contributed by atoms with Crippen LogP contribution >= 0.6 is 0 Å². The van der Waals surface area contributed by atoms with E-state index in [4.69, 9.17) is 14.2 Å². The number of rotatable bonds is 7. The van der Waals surface area contributed by atoms with Gasteiger partial charge in [0, 0.05) is 49.7 Å².